The molecule has 8 nitrogen and oxygen atoms in total. The highest BCUT2D eigenvalue weighted by Crippen LogP contribution is 2.42. The summed E-state index contributed by atoms with van der Waals surface area (Å²) in [4.78, 5) is 42.9. The number of nitrogens with zero attached hydrogens (tertiary/aromatic N) is 1. The van der Waals surface area contributed by atoms with E-state index >= 15 is 0 Å². The van der Waals surface area contributed by atoms with Crippen LogP contribution in [0.3, 0.4) is 0 Å². The van der Waals surface area contributed by atoms with Crippen molar-refractivity contribution < 1.29 is 24.2 Å². The van der Waals surface area contributed by atoms with Crippen LogP contribution < -0.4 is 15.4 Å². The average molecular weight is 659 g/mol. The molecule has 208 valence electrons. The highest BCUT2D eigenvalue weighted by molar-refractivity contribution is 8.00. The number of thioether (sulfide) groups is 1. The van der Waals surface area contributed by atoms with E-state index in [1.165, 1.54) is 23.1 Å². The normalized spacial score (nSPS) is 11.8. The molecular formula is C26H19Cl4N3O5S2. The van der Waals surface area contributed by atoms with E-state index in [9.17, 15) is 19.5 Å². The van der Waals surface area contributed by atoms with Crippen LogP contribution in [0.5, 0.6) is 5.75 Å². The maximum absolute atomic E-state index is 13.0. The number of thiazole rings is 1. The zero-order valence-corrected chi connectivity index (χ0v) is 25.3. The highest BCUT2D eigenvalue weighted by atomic mass is 35.5. The van der Waals surface area contributed by atoms with Gasteiger partial charge in [-0.2, -0.15) is 0 Å². The van der Waals surface area contributed by atoms with Crippen molar-refractivity contribution in [3.8, 4) is 5.75 Å². The van der Waals surface area contributed by atoms with Crippen molar-refractivity contribution in [2.75, 3.05) is 17.2 Å². The monoisotopic (exact) mass is 657 g/mol. The molecule has 0 aliphatic carbocycles. The fourth-order valence-corrected chi connectivity index (χ4v) is 6.41. The third-order valence-corrected chi connectivity index (χ3v) is 9.21. The fraction of sp³-hybridized carbons (Fsp3) is 0.154. The second kappa shape index (κ2) is 12.8. The molecule has 2 amide bonds. The summed E-state index contributed by atoms with van der Waals surface area (Å²) in [6, 6.07) is 12.2. The number of carboxylic acid groups (broad SMARTS) is 1. The van der Waals surface area contributed by atoms with Gasteiger partial charge in [0.05, 0.1) is 53.3 Å². The second-order valence-electron chi connectivity index (χ2n) is 8.12. The number of carboxylic acids is 1. The number of carbonyl (C=O) groups is 3. The summed E-state index contributed by atoms with van der Waals surface area (Å²) < 4.78 is 6.41. The summed E-state index contributed by atoms with van der Waals surface area (Å²) in [5, 5.41) is 13.7. The molecule has 0 bridgehead atoms. The van der Waals surface area contributed by atoms with Crippen LogP contribution in [0.4, 0.5) is 10.8 Å². The van der Waals surface area contributed by atoms with Gasteiger partial charge in [0.15, 0.2) is 5.13 Å². The van der Waals surface area contributed by atoms with Crippen LogP contribution in [0.25, 0.3) is 10.2 Å². The number of halogens is 4. The molecular weight excluding hydrogens is 640 g/mol. The van der Waals surface area contributed by atoms with E-state index in [1.54, 1.807) is 31.2 Å². The minimum atomic E-state index is -1.50. The van der Waals surface area contributed by atoms with Crippen LogP contribution in [0.1, 0.15) is 34.6 Å². The molecule has 3 aromatic carbocycles. The zero-order chi connectivity index (χ0) is 29.1. The van der Waals surface area contributed by atoms with Gasteiger partial charge < -0.3 is 20.5 Å². The maximum atomic E-state index is 13.0. The van der Waals surface area contributed by atoms with Crippen LogP contribution in [-0.4, -0.2) is 39.7 Å². The first-order chi connectivity index (χ1) is 19.0. The van der Waals surface area contributed by atoms with Crippen molar-refractivity contribution in [1.29, 1.82) is 0 Å². The van der Waals surface area contributed by atoms with E-state index in [1.807, 2.05) is 25.1 Å². The van der Waals surface area contributed by atoms with Crippen LogP contribution in [0.15, 0.2) is 47.4 Å². The predicted molar refractivity (Wildman–Crippen MR) is 163 cm³/mol. The summed E-state index contributed by atoms with van der Waals surface area (Å²) in [7, 11) is 0. The molecule has 4 rings (SSSR count). The number of nitrogens with one attached hydrogen (secondary N) is 2. The number of hydrogen-bond donors (Lipinski definition) is 3. The van der Waals surface area contributed by atoms with Gasteiger partial charge in [-0.25, -0.2) is 9.78 Å². The number of aromatic nitrogens is 1. The Balaban J connectivity index is 1.47. The van der Waals surface area contributed by atoms with Crippen molar-refractivity contribution in [2.45, 2.75) is 24.0 Å². The molecule has 0 fully saturated rings. The fourth-order valence-electron chi connectivity index (χ4n) is 3.57. The van der Waals surface area contributed by atoms with Crippen molar-refractivity contribution in [3.05, 3.63) is 73.7 Å². The van der Waals surface area contributed by atoms with Gasteiger partial charge >= 0.3 is 5.97 Å². The molecule has 14 heteroatoms. The number of ether oxygens (including phenoxy) is 1. The van der Waals surface area contributed by atoms with Gasteiger partial charge in [0.1, 0.15) is 5.75 Å². The first-order valence-corrected chi connectivity index (χ1v) is 14.7. The summed E-state index contributed by atoms with van der Waals surface area (Å²) in [6.45, 7) is 4.19. The van der Waals surface area contributed by atoms with Crippen LogP contribution in [0.2, 0.25) is 20.1 Å². The molecule has 0 aliphatic heterocycles. The molecule has 4 aromatic rings. The van der Waals surface area contributed by atoms with Crippen molar-refractivity contribution in [3.63, 3.8) is 0 Å². The first kappa shape index (κ1) is 30.2. The van der Waals surface area contributed by atoms with E-state index in [2.05, 4.69) is 15.6 Å². The molecule has 0 radical (unpaired) electrons. The van der Waals surface area contributed by atoms with Crippen LogP contribution >= 0.6 is 69.5 Å². The van der Waals surface area contributed by atoms with Gasteiger partial charge in [0.2, 0.25) is 5.91 Å². The first-order valence-electron chi connectivity index (χ1n) is 11.5. The average Bonchev–Trinajstić information content (AvgIpc) is 3.30. The number of fused-ring (bicyclic) bond motifs is 1. The van der Waals surface area contributed by atoms with Gasteiger partial charge in [-0.1, -0.05) is 63.8 Å². The maximum Gasteiger partial charge on any atom is 0.338 e. The van der Waals surface area contributed by atoms with Crippen molar-refractivity contribution in [1.82, 2.24) is 4.98 Å². The Bertz CT molecular complexity index is 1650. The van der Waals surface area contributed by atoms with E-state index in [0.717, 1.165) is 16.0 Å². The zero-order valence-electron chi connectivity index (χ0n) is 20.7. The molecule has 1 aromatic heterocycles. The van der Waals surface area contributed by atoms with E-state index in [4.69, 9.17) is 51.1 Å². The van der Waals surface area contributed by atoms with Crippen LogP contribution in [-0.2, 0) is 4.79 Å². The minimum Gasteiger partial charge on any atom is -0.494 e. The summed E-state index contributed by atoms with van der Waals surface area (Å²) >= 11 is 26.8. The van der Waals surface area contributed by atoms with Gasteiger partial charge in [-0.15, -0.1) is 11.8 Å². The predicted octanol–water partition coefficient (Wildman–Crippen LogP) is 8.38. The molecule has 1 heterocycles. The van der Waals surface area contributed by atoms with E-state index in [-0.39, 0.29) is 21.0 Å². The third kappa shape index (κ3) is 6.59. The Labute approximate surface area is 256 Å². The SMILES string of the molecule is CCOc1ccc2nc(NC(=O)C(C)Sc3cccc(NC(=O)c4c(Cl)c(Cl)c(Cl)c(Cl)c4C(=O)O)c3)sc2c1. The summed E-state index contributed by atoms with van der Waals surface area (Å²) in [6.07, 6.45) is 0. The van der Waals surface area contributed by atoms with Crippen LogP contribution in [0, 0.1) is 0 Å². The molecule has 0 aliphatic rings. The Morgan fingerprint density at radius 3 is 2.38 bits per heavy atom. The molecule has 0 saturated carbocycles. The Morgan fingerprint density at radius 2 is 1.70 bits per heavy atom. The lowest BCUT2D eigenvalue weighted by atomic mass is 10.1. The number of amides is 2. The largest absolute Gasteiger partial charge is 0.494 e. The lowest BCUT2D eigenvalue weighted by Gasteiger charge is -2.15. The number of aromatic carboxylic acids is 1. The number of benzene rings is 3. The Hall–Kier alpha value is -2.73. The van der Waals surface area contributed by atoms with E-state index < -0.39 is 33.3 Å². The van der Waals surface area contributed by atoms with E-state index in [0.29, 0.717) is 22.3 Å². The summed E-state index contributed by atoms with van der Waals surface area (Å²) in [5.41, 5.74) is 0.0809. The molecule has 0 saturated heterocycles. The van der Waals surface area contributed by atoms with Crippen molar-refractivity contribution in [2.24, 2.45) is 0 Å². The molecule has 40 heavy (non-hydrogen) atoms. The number of anilines is 2. The standard InChI is InChI=1S/C26H19Cl4N3O5S2/c1-3-38-13-7-8-15-16(10-13)40-26(32-15)33-23(34)11(2)39-14-6-4-5-12(9-14)31-24(35)17-18(25(36)37)20(28)22(30)21(29)19(17)27/h4-11H,3H2,1-2H3,(H,31,35)(H,36,37)(H,32,33,34). The topological polar surface area (TPSA) is 118 Å². The van der Waals surface area contributed by atoms with Gasteiger partial charge in [-0.3, -0.25) is 9.59 Å². The second-order valence-corrected chi connectivity index (χ2v) is 12.1. The van der Waals surface area contributed by atoms with Gasteiger partial charge in [-0.05, 0) is 50.2 Å². The van der Waals surface area contributed by atoms with Gasteiger partial charge in [0.25, 0.3) is 5.91 Å². The quantitative estimate of drug-likeness (QED) is 0.0939. The Kier molecular flexibility index (Phi) is 9.71. The third-order valence-electron chi connectivity index (χ3n) is 5.38. The molecule has 0 spiro atoms. The lowest BCUT2D eigenvalue weighted by molar-refractivity contribution is -0.115. The number of carbonyl (C=O) groups excluding carboxylic acids is 2. The summed E-state index contributed by atoms with van der Waals surface area (Å²) in [5.74, 6) is -1.87. The Morgan fingerprint density at radius 1 is 1.00 bits per heavy atom. The molecule has 1 atom stereocenters. The van der Waals surface area contributed by atoms with Gasteiger partial charge in [0, 0.05) is 10.6 Å². The smallest absolute Gasteiger partial charge is 0.338 e. The highest BCUT2D eigenvalue weighted by Gasteiger charge is 2.29. The molecule has 1 unspecified atom stereocenters. The number of hydrogen-bond acceptors (Lipinski definition) is 7. The minimum absolute atomic E-state index is 0.240. The number of rotatable bonds is 9. The van der Waals surface area contributed by atoms with Crippen molar-refractivity contribution >= 4 is 108 Å². The molecule has 3 N–H and O–H groups in total. The lowest BCUT2D eigenvalue weighted by Crippen LogP contribution is -2.22.